The maximum atomic E-state index is 12.9. The summed E-state index contributed by atoms with van der Waals surface area (Å²) in [5, 5.41) is 3.17. The van der Waals surface area contributed by atoms with Crippen LogP contribution >= 0.6 is 0 Å². The SMILES string of the molecule is FC1(CNCC2CC2)CC1. The molecule has 10 heavy (non-hydrogen) atoms. The predicted molar refractivity (Wildman–Crippen MR) is 38.7 cm³/mol. The summed E-state index contributed by atoms with van der Waals surface area (Å²) in [7, 11) is 0. The van der Waals surface area contributed by atoms with Gasteiger partial charge in [0, 0.05) is 6.54 Å². The molecule has 2 fully saturated rings. The Kier molecular flexibility index (Phi) is 1.44. The highest BCUT2D eigenvalue weighted by atomic mass is 19.1. The Balaban J connectivity index is 1.54. The molecule has 0 aromatic heterocycles. The van der Waals surface area contributed by atoms with E-state index in [1.54, 1.807) is 0 Å². The number of hydrogen-bond donors (Lipinski definition) is 1. The third-order valence-corrected chi connectivity index (χ3v) is 2.36. The maximum Gasteiger partial charge on any atom is 0.123 e. The molecule has 0 aliphatic heterocycles. The van der Waals surface area contributed by atoms with Crippen LogP contribution in [0.15, 0.2) is 0 Å². The molecule has 2 aliphatic carbocycles. The highest BCUT2D eigenvalue weighted by Gasteiger charge is 2.42. The smallest absolute Gasteiger partial charge is 0.123 e. The summed E-state index contributed by atoms with van der Waals surface area (Å²) in [5.41, 5.74) is -0.797. The van der Waals surface area contributed by atoms with Crippen molar-refractivity contribution < 1.29 is 4.39 Å². The molecule has 58 valence electrons. The first kappa shape index (κ1) is 6.59. The molecule has 2 heteroatoms. The molecule has 0 amide bonds. The van der Waals surface area contributed by atoms with Crippen LogP contribution in [0.4, 0.5) is 4.39 Å². The van der Waals surface area contributed by atoms with Crippen LogP contribution in [0.2, 0.25) is 0 Å². The fourth-order valence-electron chi connectivity index (χ4n) is 1.13. The molecular formula is C8H14FN. The molecule has 2 saturated carbocycles. The summed E-state index contributed by atoms with van der Waals surface area (Å²) < 4.78 is 12.9. The van der Waals surface area contributed by atoms with E-state index in [4.69, 9.17) is 0 Å². The van der Waals surface area contributed by atoms with Gasteiger partial charge in [0.25, 0.3) is 0 Å². The summed E-state index contributed by atoms with van der Waals surface area (Å²) >= 11 is 0. The van der Waals surface area contributed by atoms with Gasteiger partial charge in [-0.15, -0.1) is 0 Å². The number of halogens is 1. The molecule has 0 saturated heterocycles. The van der Waals surface area contributed by atoms with Gasteiger partial charge in [-0.25, -0.2) is 4.39 Å². The van der Waals surface area contributed by atoms with E-state index in [2.05, 4.69) is 5.32 Å². The van der Waals surface area contributed by atoms with Crippen LogP contribution in [0.3, 0.4) is 0 Å². The fourth-order valence-corrected chi connectivity index (χ4v) is 1.13. The van der Waals surface area contributed by atoms with E-state index in [1.807, 2.05) is 0 Å². The Morgan fingerprint density at radius 3 is 2.60 bits per heavy atom. The van der Waals surface area contributed by atoms with Crippen LogP contribution in [-0.4, -0.2) is 18.8 Å². The molecule has 2 aliphatic rings. The van der Waals surface area contributed by atoms with Crippen LogP contribution in [0.5, 0.6) is 0 Å². The lowest BCUT2D eigenvalue weighted by atomic mass is 10.3. The Morgan fingerprint density at radius 1 is 1.40 bits per heavy atom. The van der Waals surface area contributed by atoms with Gasteiger partial charge in [0.05, 0.1) is 0 Å². The van der Waals surface area contributed by atoms with Gasteiger partial charge in [0.15, 0.2) is 0 Å². The molecule has 1 nitrogen and oxygen atoms in total. The quantitative estimate of drug-likeness (QED) is 0.628. The van der Waals surface area contributed by atoms with Crippen molar-refractivity contribution in [2.24, 2.45) is 5.92 Å². The van der Waals surface area contributed by atoms with E-state index in [0.717, 1.165) is 25.3 Å². The Bertz CT molecular complexity index is 127. The molecule has 2 rings (SSSR count). The Labute approximate surface area is 61.0 Å². The summed E-state index contributed by atoms with van der Waals surface area (Å²) in [4.78, 5) is 0. The first-order valence-electron chi connectivity index (χ1n) is 4.18. The largest absolute Gasteiger partial charge is 0.313 e. The highest BCUT2D eigenvalue weighted by Crippen LogP contribution is 2.39. The van der Waals surface area contributed by atoms with E-state index < -0.39 is 5.67 Å². The summed E-state index contributed by atoms with van der Waals surface area (Å²) in [6.45, 7) is 1.65. The minimum absolute atomic E-state index is 0.601. The molecule has 1 N–H and O–H groups in total. The number of rotatable bonds is 4. The molecule has 0 heterocycles. The van der Waals surface area contributed by atoms with Crippen LogP contribution < -0.4 is 5.32 Å². The average Bonchev–Trinajstić information content (AvgIpc) is 2.70. The van der Waals surface area contributed by atoms with Crippen molar-refractivity contribution >= 4 is 0 Å². The van der Waals surface area contributed by atoms with E-state index in [-0.39, 0.29) is 0 Å². The molecule has 0 spiro atoms. The van der Waals surface area contributed by atoms with E-state index in [9.17, 15) is 4.39 Å². The third kappa shape index (κ3) is 1.69. The minimum Gasteiger partial charge on any atom is -0.313 e. The average molecular weight is 143 g/mol. The van der Waals surface area contributed by atoms with E-state index in [0.29, 0.717) is 6.54 Å². The first-order valence-corrected chi connectivity index (χ1v) is 4.18. The van der Waals surface area contributed by atoms with Crippen molar-refractivity contribution in [3.8, 4) is 0 Å². The second kappa shape index (κ2) is 2.19. The van der Waals surface area contributed by atoms with Gasteiger partial charge < -0.3 is 5.32 Å². The van der Waals surface area contributed by atoms with E-state index in [1.165, 1.54) is 12.8 Å². The molecule has 0 radical (unpaired) electrons. The predicted octanol–water partition coefficient (Wildman–Crippen LogP) is 1.49. The van der Waals surface area contributed by atoms with Crippen LogP contribution in [0.1, 0.15) is 25.7 Å². The summed E-state index contributed by atoms with van der Waals surface area (Å²) in [6, 6.07) is 0. The van der Waals surface area contributed by atoms with E-state index >= 15 is 0 Å². The lowest BCUT2D eigenvalue weighted by Crippen LogP contribution is -2.26. The van der Waals surface area contributed by atoms with Crippen molar-refractivity contribution in [2.75, 3.05) is 13.1 Å². The standard InChI is InChI=1S/C8H14FN/c9-8(3-4-8)6-10-5-7-1-2-7/h7,10H,1-6H2. The van der Waals surface area contributed by atoms with Crippen molar-refractivity contribution in [1.29, 1.82) is 0 Å². The zero-order valence-corrected chi connectivity index (χ0v) is 6.20. The monoisotopic (exact) mass is 143 g/mol. The number of hydrogen-bond acceptors (Lipinski definition) is 1. The van der Waals surface area contributed by atoms with Gasteiger partial charge in [-0.2, -0.15) is 0 Å². The van der Waals surface area contributed by atoms with Crippen LogP contribution in [-0.2, 0) is 0 Å². The second-order valence-corrected chi connectivity index (χ2v) is 3.73. The first-order chi connectivity index (χ1) is 4.79. The molecule has 0 aromatic rings. The Morgan fingerprint density at radius 2 is 2.10 bits per heavy atom. The van der Waals surface area contributed by atoms with Gasteiger partial charge in [-0.3, -0.25) is 0 Å². The number of nitrogens with one attached hydrogen (secondary N) is 1. The molecular weight excluding hydrogens is 129 g/mol. The highest BCUT2D eigenvalue weighted by molar-refractivity contribution is 4.96. The van der Waals surface area contributed by atoms with Crippen LogP contribution in [0, 0.1) is 5.92 Å². The lowest BCUT2D eigenvalue weighted by molar-refractivity contribution is 0.295. The van der Waals surface area contributed by atoms with Gasteiger partial charge in [0.1, 0.15) is 5.67 Å². The maximum absolute atomic E-state index is 12.9. The van der Waals surface area contributed by atoms with Crippen molar-refractivity contribution in [3.63, 3.8) is 0 Å². The fraction of sp³-hybridized carbons (Fsp3) is 1.00. The molecule has 0 bridgehead atoms. The van der Waals surface area contributed by atoms with Gasteiger partial charge in [0.2, 0.25) is 0 Å². The van der Waals surface area contributed by atoms with Crippen molar-refractivity contribution in [1.82, 2.24) is 5.32 Å². The summed E-state index contributed by atoms with van der Waals surface area (Å²) in [5.74, 6) is 0.877. The Hall–Kier alpha value is -0.110. The molecule has 0 unspecified atom stereocenters. The minimum atomic E-state index is -0.797. The third-order valence-electron chi connectivity index (χ3n) is 2.36. The zero-order valence-electron chi connectivity index (χ0n) is 6.20. The number of alkyl halides is 1. The van der Waals surface area contributed by atoms with Gasteiger partial charge >= 0.3 is 0 Å². The van der Waals surface area contributed by atoms with Crippen LogP contribution in [0.25, 0.3) is 0 Å². The van der Waals surface area contributed by atoms with Crippen molar-refractivity contribution in [3.05, 3.63) is 0 Å². The summed E-state index contributed by atoms with van der Waals surface area (Å²) in [6.07, 6.45) is 4.27. The second-order valence-electron chi connectivity index (χ2n) is 3.73. The topological polar surface area (TPSA) is 12.0 Å². The molecule has 0 atom stereocenters. The zero-order chi connectivity index (χ0) is 7.03. The lowest BCUT2D eigenvalue weighted by Gasteiger charge is -2.05. The normalized spacial score (nSPS) is 28.5. The van der Waals surface area contributed by atoms with Crippen molar-refractivity contribution in [2.45, 2.75) is 31.4 Å². The molecule has 0 aromatic carbocycles. The van der Waals surface area contributed by atoms with Gasteiger partial charge in [-0.05, 0) is 38.1 Å². The van der Waals surface area contributed by atoms with Gasteiger partial charge in [-0.1, -0.05) is 0 Å².